The summed E-state index contributed by atoms with van der Waals surface area (Å²) in [6.07, 6.45) is -1.04. The van der Waals surface area contributed by atoms with E-state index in [1.54, 1.807) is 66.7 Å². The van der Waals surface area contributed by atoms with Crippen LogP contribution in [0.4, 0.5) is 5.69 Å². The lowest BCUT2D eigenvalue weighted by atomic mass is 9.77. The van der Waals surface area contributed by atoms with E-state index in [2.05, 4.69) is 0 Å². The van der Waals surface area contributed by atoms with Crippen LogP contribution in [-0.4, -0.2) is 29.0 Å². The molecule has 3 aliphatic rings. The average Bonchev–Trinajstić information content (AvgIpc) is 3.39. The first kappa shape index (κ1) is 21.0. The quantitative estimate of drug-likeness (QED) is 0.410. The minimum atomic E-state index is -2.11. The first-order valence-electron chi connectivity index (χ1n) is 10.9. The maximum absolute atomic E-state index is 13.9. The number of nitrogens with zero attached hydrogens (tertiary/aromatic N) is 1. The van der Waals surface area contributed by atoms with Crippen molar-refractivity contribution < 1.29 is 23.9 Å². The highest BCUT2D eigenvalue weighted by molar-refractivity contribution is 6.37. The molecule has 1 spiro atoms. The number of hydrogen-bond donors (Lipinski definition) is 0. The maximum Gasteiger partial charge on any atom is 0.241 e. The number of carbonyl (C=O) groups is 4. The van der Waals surface area contributed by atoms with E-state index in [4.69, 9.17) is 16.3 Å². The second-order valence-electron chi connectivity index (χ2n) is 8.85. The molecule has 2 saturated heterocycles. The van der Waals surface area contributed by atoms with Crippen molar-refractivity contribution in [2.24, 2.45) is 11.8 Å². The number of ketones is 2. The van der Waals surface area contributed by atoms with Gasteiger partial charge in [0.2, 0.25) is 29.0 Å². The molecule has 3 atom stereocenters. The molecule has 6 rings (SSSR count). The molecule has 7 heteroatoms. The fraction of sp³-hybridized carbons (Fsp3) is 0.185. The molecule has 2 heterocycles. The van der Waals surface area contributed by atoms with E-state index in [0.717, 1.165) is 10.5 Å². The molecule has 0 N–H and O–H groups in total. The Morgan fingerprint density at radius 2 is 1.47 bits per heavy atom. The lowest BCUT2D eigenvalue weighted by Gasteiger charge is -2.27. The van der Waals surface area contributed by atoms with Crippen LogP contribution in [-0.2, 0) is 14.3 Å². The monoisotopic (exact) mass is 471 g/mol. The number of anilines is 1. The smallest absolute Gasteiger partial charge is 0.241 e. The number of imide groups is 1. The number of Topliss-reactive ketones (excluding diaryl/α,β-unsaturated/α-hetero) is 2. The highest BCUT2D eigenvalue weighted by Gasteiger charge is 2.74. The van der Waals surface area contributed by atoms with Gasteiger partial charge in [0.25, 0.3) is 0 Å². The van der Waals surface area contributed by atoms with Crippen LogP contribution < -0.4 is 4.90 Å². The van der Waals surface area contributed by atoms with E-state index >= 15 is 0 Å². The second kappa shape index (κ2) is 7.19. The predicted molar refractivity (Wildman–Crippen MR) is 124 cm³/mol. The molecule has 2 amide bonds. The summed E-state index contributed by atoms with van der Waals surface area (Å²) in [7, 11) is 0. The number of halogens is 1. The summed E-state index contributed by atoms with van der Waals surface area (Å²) in [6, 6.07) is 20.2. The van der Waals surface area contributed by atoms with Gasteiger partial charge in [-0.05, 0) is 30.7 Å². The number of rotatable bonds is 2. The third-order valence-corrected chi connectivity index (χ3v) is 7.33. The SMILES string of the molecule is Cc1cccc(N2C(=O)[C@H]3[C@@H](C2=O)C2(O[C@H]3c3ccccc3Cl)C(=O)c3ccccc3C2=O)c1. The molecule has 2 fully saturated rings. The van der Waals surface area contributed by atoms with E-state index < -0.39 is 46.9 Å². The Morgan fingerprint density at radius 1 is 0.824 bits per heavy atom. The van der Waals surface area contributed by atoms with Crippen molar-refractivity contribution in [3.8, 4) is 0 Å². The fourth-order valence-electron chi connectivity index (χ4n) is 5.53. The number of aryl methyl sites for hydroxylation is 1. The van der Waals surface area contributed by atoms with Gasteiger partial charge in [0, 0.05) is 21.7 Å². The average molecular weight is 472 g/mol. The molecule has 6 nitrogen and oxygen atoms in total. The number of carbonyl (C=O) groups excluding carboxylic acids is 4. The number of fused-ring (bicyclic) bond motifs is 3. The molecule has 0 aromatic heterocycles. The van der Waals surface area contributed by atoms with Crippen molar-refractivity contribution in [1.29, 1.82) is 0 Å². The van der Waals surface area contributed by atoms with Crippen LogP contribution in [0.1, 0.15) is 37.9 Å². The fourth-order valence-corrected chi connectivity index (χ4v) is 5.77. The number of benzene rings is 3. The van der Waals surface area contributed by atoms with Gasteiger partial charge < -0.3 is 4.74 Å². The van der Waals surface area contributed by atoms with E-state index in [0.29, 0.717) is 16.3 Å². The topological polar surface area (TPSA) is 80.8 Å². The lowest BCUT2D eigenvalue weighted by Crippen LogP contribution is -2.51. The second-order valence-corrected chi connectivity index (χ2v) is 9.26. The zero-order valence-corrected chi connectivity index (χ0v) is 18.8. The first-order valence-corrected chi connectivity index (χ1v) is 11.3. The Hall–Kier alpha value is -3.61. The Balaban J connectivity index is 1.57. The Labute approximate surface area is 200 Å². The summed E-state index contributed by atoms with van der Waals surface area (Å²) < 4.78 is 6.25. The Kier molecular flexibility index (Phi) is 4.43. The van der Waals surface area contributed by atoms with Crippen LogP contribution in [0.2, 0.25) is 5.02 Å². The van der Waals surface area contributed by atoms with Gasteiger partial charge in [0.15, 0.2) is 0 Å². The highest BCUT2D eigenvalue weighted by Crippen LogP contribution is 2.58. The normalized spacial score (nSPS) is 24.8. The van der Waals surface area contributed by atoms with Crippen molar-refractivity contribution >= 4 is 40.7 Å². The Morgan fingerprint density at radius 3 is 2.12 bits per heavy atom. The van der Waals surface area contributed by atoms with E-state index in [9.17, 15) is 19.2 Å². The number of hydrogen-bond acceptors (Lipinski definition) is 5. The molecule has 3 aromatic rings. The van der Waals surface area contributed by atoms with Crippen molar-refractivity contribution in [2.45, 2.75) is 18.6 Å². The van der Waals surface area contributed by atoms with E-state index in [-0.39, 0.29) is 11.1 Å². The van der Waals surface area contributed by atoms with Gasteiger partial charge in [-0.2, -0.15) is 0 Å². The van der Waals surface area contributed by atoms with Crippen LogP contribution in [0, 0.1) is 18.8 Å². The van der Waals surface area contributed by atoms with Gasteiger partial charge in [-0.3, -0.25) is 19.2 Å². The molecule has 3 aromatic carbocycles. The number of ether oxygens (including phenoxy) is 1. The Bertz CT molecular complexity index is 1390. The van der Waals surface area contributed by atoms with Gasteiger partial charge in [-0.15, -0.1) is 0 Å². The van der Waals surface area contributed by atoms with E-state index in [1.807, 2.05) is 13.0 Å². The van der Waals surface area contributed by atoms with Gasteiger partial charge in [0.05, 0.1) is 23.6 Å². The summed E-state index contributed by atoms with van der Waals surface area (Å²) in [6.45, 7) is 1.85. The van der Waals surface area contributed by atoms with Crippen molar-refractivity contribution in [1.82, 2.24) is 0 Å². The van der Waals surface area contributed by atoms with Gasteiger partial charge >= 0.3 is 0 Å². The third kappa shape index (κ3) is 2.55. The minimum absolute atomic E-state index is 0.195. The van der Waals surface area contributed by atoms with Crippen LogP contribution in [0.3, 0.4) is 0 Å². The molecule has 0 saturated carbocycles. The largest absolute Gasteiger partial charge is 0.349 e. The summed E-state index contributed by atoms with van der Waals surface area (Å²) in [4.78, 5) is 56.2. The first-order chi connectivity index (χ1) is 16.4. The highest BCUT2D eigenvalue weighted by atomic mass is 35.5. The van der Waals surface area contributed by atoms with Crippen molar-refractivity contribution in [2.75, 3.05) is 4.90 Å². The van der Waals surface area contributed by atoms with Gasteiger partial charge in [0.1, 0.15) is 0 Å². The predicted octanol–water partition coefficient (Wildman–Crippen LogP) is 4.34. The van der Waals surface area contributed by atoms with Crippen LogP contribution >= 0.6 is 11.6 Å². The molecule has 168 valence electrons. The van der Waals surface area contributed by atoms with Crippen molar-refractivity contribution in [3.05, 3.63) is 100 Å². The molecule has 1 aliphatic carbocycles. The van der Waals surface area contributed by atoms with Crippen LogP contribution in [0.25, 0.3) is 0 Å². The zero-order valence-electron chi connectivity index (χ0n) is 18.0. The molecule has 34 heavy (non-hydrogen) atoms. The minimum Gasteiger partial charge on any atom is -0.349 e. The molecule has 0 bridgehead atoms. The molecular formula is C27H18ClNO5. The van der Waals surface area contributed by atoms with Gasteiger partial charge in [-0.1, -0.05) is 66.2 Å². The molecule has 2 aliphatic heterocycles. The number of amides is 2. The molecular weight excluding hydrogens is 454 g/mol. The van der Waals surface area contributed by atoms with Crippen LogP contribution in [0.5, 0.6) is 0 Å². The maximum atomic E-state index is 13.9. The van der Waals surface area contributed by atoms with Crippen molar-refractivity contribution in [3.63, 3.8) is 0 Å². The van der Waals surface area contributed by atoms with E-state index in [1.165, 1.54) is 0 Å². The van der Waals surface area contributed by atoms with Crippen LogP contribution in [0.15, 0.2) is 72.8 Å². The molecule has 0 unspecified atom stereocenters. The zero-order chi connectivity index (χ0) is 23.8. The standard InChI is InChI=1S/C27H18ClNO5/c1-14-7-6-8-15(13-14)29-25(32)20-21(26(29)33)27(34-22(20)18-11-4-5-12-19(18)28)23(30)16-9-2-3-10-17(16)24(27)31/h2-13,20-22H,1H3/t20-,21-,22-/m0/s1. The lowest BCUT2D eigenvalue weighted by molar-refractivity contribution is -0.127. The summed E-state index contributed by atoms with van der Waals surface area (Å²) >= 11 is 6.45. The summed E-state index contributed by atoms with van der Waals surface area (Å²) in [5.74, 6) is -4.69. The third-order valence-electron chi connectivity index (χ3n) is 6.99. The molecule has 0 radical (unpaired) electrons. The summed E-state index contributed by atoms with van der Waals surface area (Å²) in [5, 5.41) is 0.327. The summed E-state index contributed by atoms with van der Waals surface area (Å²) in [5.41, 5.74) is 0.00120. The van der Waals surface area contributed by atoms with Gasteiger partial charge in [-0.25, -0.2) is 4.90 Å².